The van der Waals surface area contributed by atoms with Crippen LogP contribution in [-0.2, 0) is 0 Å². The summed E-state index contributed by atoms with van der Waals surface area (Å²) in [5.41, 5.74) is 18.1. The summed E-state index contributed by atoms with van der Waals surface area (Å²) in [5, 5.41) is 22.7. The normalized spacial score (nSPS) is 11.9. The molecule has 118 heavy (non-hydrogen) atoms. The van der Waals surface area contributed by atoms with Crippen molar-refractivity contribution in [1.29, 1.82) is 0 Å². The molecule has 0 aliphatic carbocycles. The minimum absolute atomic E-state index is 0.508. The van der Waals surface area contributed by atoms with Gasteiger partial charge in [0, 0.05) is 85.3 Å². The van der Waals surface area contributed by atoms with Crippen molar-refractivity contribution in [2.75, 3.05) is 0 Å². The van der Waals surface area contributed by atoms with Gasteiger partial charge in [-0.1, -0.05) is 255 Å². The molecule has 10 heteroatoms. The van der Waals surface area contributed by atoms with Gasteiger partial charge in [0.2, 0.25) is 0 Å². The summed E-state index contributed by atoms with van der Waals surface area (Å²) in [6.45, 7) is 0. The topological polar surface area (TPSA) is 129 Å². The Labute approximate surface area is 675 Å². The van der Waals surface area contributed by atoms with E-state index in [9.17, 15) is 0 Å². The second kappa shape index (κ2) is 26.8. The quantitative estimate of drug-likeness (QED) is 0.115. The molecule has 0 saturated heterocycles. The first-order valence-electron chi connectivity index (χ1n) is 39.6. The van der Waals surface area contributed by atoms with E-state index in [0.717, 1.165) is 176 Å². The zero-order valence-corrected chi connectivity index (χ0v) is 63.2. The highest BCUT2D eigenvalue weighted by atomic mass is 16.3. The van der Waals surface area contributed by atoms with Gasteiger partial charge in [0.15, 0.2) is 34.9 Å². The van der Waals surface area contributed by atoms with Gasteiger partial charge in [-0.2, -0.15) is 0 Å². The lowest BCUT2D eigenvalue weighted by Gasteiger charge is -2.18. The molecule has 0 atom stereocenters. The van der Waals surface area contributed by atoms with Gasteiger partial charge in [-0.15, -0.1) is 0 Å². The molecule has 18 aromatic carbocycles. The minimum Gasteiger partial charge on any atom is -0.456 e. The van der Waals surface area contributed by atoms with Crippen molar-refractivity contribution in [3.63, 3.8) is 0 Å². The molecule has 24 rings (SSSR count). The van der Waals surface area contributed by atoms with Crippen molar-refractivity contribution in [2.45, 2.75) is 0 Å². The largest absolute Gasteiger partial charge is 0.456 e. The van der Waals surface area contributed by atoms with Gasteiger partial charge in [0.05, 0.1) is 5.56 Å². The van der Waals surface area contributed by atoms with Crippen molar-refractivity contribution >= 4 is 130 Å². The molecule has 0 unspecified atom stereocenters. The van der Waals surface area contributed by atoms with E-state index in [0.29, 0.717) is 34.9 Å². The summed E-state index contributed by atoms with van der Waals surface area (Å²) in [4.78, 5) is 42.1. The van der Waals surface area contributed by atoms with Crippen LogP contribution in [0, 0.1) is 0 Å². The highest BCUT2D eigenvalue weighted by Crippen LogP contribution is 2.49. The molecule has 24 aromatic rings. The predicted molar refractivity (Wildman–Crippen MR) is 483 cm³/mol. The van der Waals surface area contributed by atoms with Crippen LogP contribution in [0.4, 0.5) is 0 Å². The number of aromatic nitrogens is 8. The zero-order valence-electron chi connectivity index (χ0n) is 63.2. The van der Waals surface area contributed by atoms with Gasteiger partial charge >= 0.3 is 0 Å². The standard InChI is InChI=1S/C108H62N8O2/c1-2-23-63(24-3-1)103-111-105(116-108(113-103)90-43-19-41-87-82-35-14-16-44-96(82)118-102(87)90)73-54-69(67-27-21-49-109-61-67)53-72(56-73)92-60-95-81-48-47-65(58-93(81)80-34-9-13-39-86(80)100(95)85-38-12-8-33-79(85)92)64-25-18-26-66(51-64)104-112-106(115-107(114-104)89-42-20-46-98-101(89)88-40-15-17-45-97(88)117-98)74-55-70(68-28-22-50-110-62-68)52-71(57-74)91-59-94-77-31-5-4-29-75(77)76-30-6-10-36-83(76)99(94)84-37-11-7-32-78(84)91/h1-62H. The lowest BCUT2D eigenvalue weighted by Crippen LogP contribution is -2.01. The lowest BCUT2D eigenvalue weighted by atomic mass is 9.86. The van der Waals surface area contributed by atoms with E-state index < -0.39 is 0 Å². The number of pyridine rings is 2. The Bertz CT molecular complexity index is 8330. The van der Waals surface area contributed by atoms with Gasteiger partial charge in [-0.05, 0) is 228 Å². The number of furan rings is 2. The van der Waals surface area contributed by atoms with Crippen LogP contribution >= 0.6 is 0 Å². The molecule has 0 aliphatic rings. The maximum atomic E-state index is 6.65. The third kappa shape index (κ3) is 10.9. The fraction of sp³-hybridized carbons (Fsp3) is 0. The molecule has 10 nitrogen and oxygen atoms in total. The smallest absolute Gasteiger partial charge is 0.167 e. The number of fused-ring (bicyclic) bond motifs is 22. The van der Waals surface area contributed by atoms with Crippen LogP contribution in [-0.4, -0.2) is 39.9 Å². The van der Waals surface area contributed by atoms with Crippen molar-refractivity contribution in [3.05, 3.63) is 377 Å². The Hall–Kier alpha value is -16.0. The molecule has 0 N–H and O–H groups in total. The van der Waals surface area contributed by atoms with E-state index >= 15 is 0 Å². The third-order valence-electron chi connectivity index (χ3n) is 23.6. The summed E-state index contributed by atoms with van der Waals surface area (Å²) in [6, 6.07) is 125. The molecular weight excluding hydrogens is 1440 g/mol. The predicted octanol–water partition coefficient (Wildman–Crippen LogP) is 28.2. The zero-order chi connectivity index (χ0) is 77.5. The van der Waals surface area contributed by atoms with Crippen LogP contribution in [0.25, 0.3) is 254 Å². The third-order valence-corrected chi connectivity index (χ3v) is 23.6. The molecule has 0 aliphatic heterocycles. The van der Waals surface area contributed by atoms with Crippen LogP contribution in [0.2, 0.25) is 0 Å². The number of rotatable bonds is 11. The summed E-state index contributed by atoms with van der Waals surface area (Å²) in [6.07, 6.45) is 7.49. The Kier molecular flexibility index (Phi) is 15.1. The second-order valence-corrected chi connectivity index (χ2v) is 30.4. The van der Waals surface area contributed by atoms with E-state index in [1.165, 1.54) is 43.1 Å². The van der Waals surface area contributed by atoms with Crippen LogP contribution in [0.3, 0.4) is 0 Å². The van der Waals surface area contributed by atoms with Crippen LogP contribution in [0.1, 0.15) is 0 Å². The molecule has 0 spiro atoms. The first-order valence-corrected chi connectivity index (χ1v) is 39.6. The summed E-state index contributed by atoms with van der Waals surface area (Å²) in [5.74, 6) is 3.14. The Morgan fingerprint density at radius 1 is 0.161 bits per heavy atom. The summed E-state index contributed by atoms with van der Waals surface area (Å²) < 4.78 is 13.2. The maximum Gasteiger partial charge on any atom is 0.167 e. The van der Waals surface area contributed by atoms with E-state index in [2.05, 4.69) is 271 Å². The fourth-order valence-electron chi connectivity index (χ4n) is 18.3. The second-order valence-electron chi connectivity index (χ2n) is 30.4. The highest BCUT2D eigenvalue weighted by Gasteiger charge is 2.26. The number of hydrogen-bond donors (Lipinski definition) is 0. The van der Waals surface area contributed by atoms with E-state index in [1.807, 2.05) is 116 Å². The maximum absolute atomic E-state index is 6.65. The van der Waals surface area contributed by atoms with Gasteiger partial charge < -0.3 is 8.83 Å². The Morgan fingerprint density at radius 3 is 1.13 bits per heavy atom. The molecule has 0 saturated carbocycles. The lowest BCUT2D eigenvalue weighted by molar-refractivity contribution is 0.669. The number of nitrogens with zero attached hydrogens (tertiary/aromatic N) is 8. The monoisotopic (exact) mass is 1500 g/mol. The van der Waals surface area contributed by atoms with E-state index in [-0.39, 0.29) is 0 Å². The van der Waals surface area contributed by atoms with Gasteiger partial charge in [0.25, 0.3) is 0 Å². The summed E-state index contributed by atoms with van der Waals surface area (Å²) >= 11 is 0. The minimum atomic E-state index is 0.508. The molecule has 546 valence electrons. The SMILES string of the molecule is c1ccc(-c2nc(-c3cc(-c4cccnc4)cc(-c4cc5c6ccc(-c7cccc(-c8nc(-c9cc(-c%10cccnc%10)cc(-c%10cc%11c%12ccccc%12c%12ccccc%12c%11c%11ccccc%10%11)c9)nc(-c9cccc%10oc%11ccccc%11c9%10)n8)c7)cc6c6ccccc6c5c5ccccc45)c3)nc(-c3cccc4c3oc3ccccc34)n2)cc1. The first kappa shape index (κ1) is 66.6. The van der Waals surface area contributed by atoms with Crippen molar-refractivity contribution in [2.24, 2.45) is 0 Å². The Balaban J connectivity index is 0.683. The number of hydrogen-bond acceptors (Lipinski definition) is 10. The molecule has 6 aromatic heterocycles. The van der Waals surface area contributed by atoms with Crippen LogP contribution < -0.4 is 0 Å². The van der Waals surface area contributed by atoms with Gasteiger partial charge in [-0.3, -0.25) is 9.97 Å². The molecule has 0 amide bonds. The molecule has 0 fully saturated rings. The Morgan fingerprint density at radius 2 is 0.534 bits per heavy atom. The first-order chi connectivity index (χ1) is 58.5. The molecular formula is C108H62N8O2. The van der Waals surface area contributed by atoms with E-state index in [4.69, 9.17) is 38.7 Å². The van der Waals surface area contributed by atoms with Crippen LogP contribution in [0.15, 0.2) is 385 Å². The number of para-hydroxylation sites is 3. The van der Waals surface area contributed by atoms with Crippen molar-refractivity contribution < 1.29 is 8.83 Å². The van der Waals surface area contributed by atoms with Gasteiger partial charge in [-0.25, -0.2) is 29.9 Å². The average Bonchev–Trinajstić information content (AvgIpc) is 0.951. The molecule has 0 radical (unpaired) electrons. The average molecular weight is 1500 g/mol. The van der Waals surface area contributed by atoms with Gasteiger partial charge in [0.1, 0.15) is 22.3 Å². The number of benzene rings is 18. The van der Waals surface area contributed by atoms with E-state index in [1.54, 1.807) is 0 Å². The van der Waals surface area contributed by atoms with Crippen molar-refractivity contribution in [1.82, 2.24) is 39.9 Å². The van der Waals surface area contributed by atoms with Crippen LogP contribution in [0.5, 0.6) is 0 Å². The molecule has 0 bridgehead atoms. The summed E-state index contributed by atoms with van der Waals surface area (Å²) in [7, 11) is 0. The fourth-order valence-corrected chi connectivity index (χ4v) is 18.3. The molecule has 6 heterocycles. The highest BCUT2D eigenvalue weighted by molar-refractivity contribution is 6.35. The van der Waals surface area contributed by atoms with Crippen molar-refractivity contribution in [3.8, 4) is 124 Å².